The molecule has 0 aliphatic carbocycles. The summed E-state index contributed by atoms with van der Waals surface area (Å²) >= 11 is 0. The van der Waals surface area contributed by atoms with E-state index >= 15 is 0 Å². The first-order valence-electron chi connectivity index (χ1n) is 8.86. The van der Waals surface area contributed by atoms with Gasteiger partial charge in [-0.25, -0.2) is 0 Å². The zero-order valence-electron chi connectivity index (χ0n) is 15.7. The lowest BCUT2D eigenvalue weighted by molar-refractivity contribution is -0.121. The number of nitrogens with zero attached hydrogens (tertiary/aromatic N) is 3. The smallest absolute Gasteiger partial charge is 0.221 e. The zero-order chi connectivity index (χ0) is 18.8. The lowest BCUT2D eigenvalue weighted by atomic mass is 10.1. The Bertz CT molecular complexity index is 709. The third-order valence-corrected chi connectivity index (χ3v) is 3.77. The number of carbonyl (C=O) groups excluding carboxylic acids is 1. The maximum Gasteiger partial charge on any atom is 0.221 e. The fourth-order valence-corrected chi connectivity index (χ4v) is 2.54. The van der Waals surface area contributed by atoms with E-state index < -0.39 is 0 Å². The predicted molar refractivity (Wildman–Crippen MR) is 104 cm³/mol. The van der Waals surface area contributed by atoms with E-state index in [4.69, 9.17) is 0 Å². The Labute approximate surface area is 154 Å². The van der Waals surface area contributed by atoms with Gasteiger partial charge in [0.15, 0.2) is 5.96 Å². The van der Waals surface area contributed by atoms with Crippen LogP contribution in [0, 0.1) is 0 Å². The first kappa shape index (κ1) is 19.5. The largest absolute Gasteiger partial charge is 0.356 e. The maximum absolute atomic E-state index is 11.7. The Kier molecular flexibility index (Phi) is 7.67. The molecule has 0 saturated carbocycles. The van der Waals surface area contributed by atoms with Gasteiger partial charge in [0.25, 0.3) is 0 Å². The third-order valence-electron chi connectivity index (χ3n) is 3.77. The minimum atomic E-state index is 0.0347. The molecular weight excluding hydrogens is 328 g/mol. The van der Waals surface area contributed by atoms with Gasteiger partial charge >= 0.3 is 0 Å². The van der Waals surface area contributed by atoms with Gasteiger partial charge in [-0.1, -0.05) is 24.3 Å². The number of aromatic nitrogens is 2. The van der Waals surface area contributed by atoms with Crippen molar-refractivity contribution in [2.45, 2.75) is 39.4 Å². The van der Waals surface area contributed by atoms with Crippen molar-refractivity contribution in [3.63, 3.8) is 0 Å². The molecule has 3 N–H and O–H groups in total. The number of carbonyl (C=O) groups is 1. The lowest BCUT2D eigenvalue weighted by Gasteiger charge is -2.15. The van der Waals surface area contributed by atoms with E-state index in [1.807, 2.05) is 42.9 Å². The van der Waals surface area contributed by atoms with E-state index in [-0.39, 0.29) is 11.9 Å². The molecule has 26 heavy (non-hydrogen) atoms. The van der Waals surface area contributed by atoms with Crippen molar-refractivity contribution < 1.29 is 4.79 Å². The van der Waals surface area contributed by atoms with Crippen LogP contribution in [0.5, 0.6) is 0 Å². The van der Waals surface area contributed by atoms with Gasteiger partial charge in [0, 0.05) is 45.0 Å². The second-order valence-electron chi connectivity index (χ2n) is 6.30. The van der Waals surface area contributed by atoms with Crippen molar-refractivity contribution in [2.24, 2.45) is 4.99 Å². The number of benzene rings is 1. The van der Waals surface area contributed by atoms with Crippen molar-refractivity contribution in [1.82, 2.24) is 25.7 Å². The first-order valence-corrected chi connectivity index (χ1v) is 8.86. The fraction of sp³-hybridized carbons (Fsp3) is 0.421. The van der Waals surface area contributed by atoms with Crippen molar-refractivity contribution in [3.8, 4) is 0 Å². The molecule has 0 aliphatic rings. The predicted octanol–water partition coefficient (Wildman–Crippen LogP) is 1.51. The average molecular weight is 356 g/mol. The van der Waals surface area contributed by atoms with Crippen molar-refractivity contribution in [2.75, 3.05) is 13.6 Å². The Morgan fingerprint density at radius 1 is 1.19 bits per heavy atom. The van der Waals surface area contributed by atoms with Gasteiger partial charge in [0.2, 0.25) is 5.91 Å². The molecule has 2 aromatic rings. The summed E-state index contributed by atoms with van der Waals surface area (Å²) in [5.41, 5.74) is 2.39. The van der Waals surface area contributed by atoms with E-state index in [0.717, 1.165) is 6.54 Å². The topological polar surface area (TPSA) is 83.3 Å². The second-order valence-corrected chi connectivity index (χ2v) is 6.30. The van der Waals surface area contributed by atoms with Crippen molar-refractivity contribution in [1.29, 1.82) is 0 Å². The summed E-state index contributed by atoms with van der Waals surface area (Å²) in [7, 11) is 1.72. The van der Waals surface area contributed by atoms with Crippen LogP contribution in [0.4, 0.5) is 0 Å². The van der Waals surface area contributed by atoms with E-state index in [1.165, 1.54) is 11.1 Å². The molecule has 0 radical (unpaired) electrons. The SMILES string of the molecule is CN=C(NCCC(=O)NC(C)C)NCc1ccccc1Cn1cccn1. The van der Waals surface area contributed by atoms with Crippen LogP contribution in [0.1, 0.15) is 31.4 Å². The normalized spacial score (nSPS) is 11.5. The standard InChI is InChI=1S/C19H28N6O/c1-15(2)24-18(26)9-11-21-19(20-3)22-13-16-7-4-5-8-17(16)14-25-12-6-10-23-25/h4-8,10,12,15H,9,11,13-14H2,1-3H3,(H,24,26)(H2,20,21,22). The van der Waals surface area contributed by atoms with Crippen LogP contribution < -0.4 is 16.0 Å². The highest BCUT2D eigenvalue weighted by molar-refractivity contribution is 5.81. The third kappa shape index (κ3) is 6.58. The minimum absolute atomic E-state index is 0.0347. The Morgan fingerprint density at radius 2 is 1.96 bits per heavy atom. The molecule has 7 nitrogen and oxygen atoms in total. The lowest BCUT2D eigenvalue weighted by Crippen LogP contribution is -2.39. The van der Waals surface area contributed by atoms with Gasteiger partial charge in [-0.3, -0.25) is 14.5 Å². The number of aliphatic imine (C=N–C) groups is 1. The summed E-state index contributed by atoms with van der Waals surface area (Å²) in [5, 5.41) is 13.6. The fourth-order valence-electron chi connectivity index (χ4n) is 2.54. The van der Waals surface area contributed by atoms with Crippen LogP contribution in [0.3, 0.4) is 0 Å². The Balaban J connectivity index is 1.84. The van der Waals surface area contributed by atoms with E-state index in [9.17, 15) is 4.79 Å². The summed E-state index contributed by atoms with van der Waals surface area (Å²) in [4.78, 5) is 15.9. The molecular formula is C19H28N6O. The molecule has 0 unspecified atom stereocenters. The van der Waals surface area contributed by atoms with Gasteiger partial charge in [-0.2, -0.15) is 5.10 Å². The molecule has 1 heterocycles. The summed E-state index contributed by atoms with van der Waals surface area (Å²) < 4.78 is 1.90. The molecule has 0 atom stereocenters. The summed E-state index contributed by atoms with van der Waals surface area (Å²) in [6, 6.07) is 10.3. The molecule has 0 aliphatic heterocycles. The molecule has 0 spiro atoms. The van der Waals surface area contributed by atoms with Crippen LogP contribution in [-0.2, 0) is 17.9 Å². The zero-order valence-corrected chi connectivity index (χ0v) is 15.7. The maximum atomic E-state index is 11.7. The highest BCUT2D eigenvalue weighted by atomic mass is 16.1. The molecule has 0 bridgehead atoms. The molecule has 1 aromatic heterocycles. The summed E-state index contributed by atoms with van der Waals surface area (Å²) in [6.07, 6.45) is 4.14. The molecule has 0 saturated heterocycles. The van der Waals surface area contributed by atoms with Crippen LogP contribution >= 0.6 is 0 Å². The summed E-state index contributed by atoms with van der Waals surface area (Å²) in [5.74, 6) is 0.712. The van der Waals surface area contributed by atoms with Gasteiger partial charge in [0.1, 0.15) is 0 Å². The first-order chi connectivity index (χ1) is 12.6. The van der Waals surface area contributed by atoms with Gasteiger partial charge in [0.05, 0.1) is 6.54 Å². The number of hydrogen-bond donors (Lipinski definition) is 3. The van der Waals surface area contributed by atoms with E-state index in [1.54, 1.807) is 13.2 Å². The quantitative estimate of drug-likeness (QED) is 0.495. The second kappa shape index (κ2) is 10.2. The highest BCUT2D eigenvalue weighted by Gasteiger charge is 2.06. The van der Waals surface area contributed by atoms with Gasteiger partial charge < -0.3 is 16.0 Å². The van der Waals surface area contributed by atoms with Crippen molar-refractivity contribution in [3.05, 3.63) is 53.9 Å². The van der Waals surface area contributed by atoms with Crippen molar-refractivity contribution >= 4 is 11.9 Å². The number of hydrogen-bond acceptors (Lipinski definition) is 3. The van der Waals surface area contributed by atoms with E-state index in [0.29, 0.717) is 25.5 Å². The highest BCUT2D eigenvalue weighted by Crippen LogP contribution is 2.10. The van der Waals surface area contributed by atoms with Crippen LogP contribution in [0.25, 0.3) is 0 Å². The summed E-state index contributed by atoms with van der Waals surface area (Å²) in [6.45, 7) is 5.81. The van der Waals surface area contributed by atoms with Crippen LogP contribution in [0.2, 0.25) is 0 Å². The molecule has 2 rings (SSSR count). The molecule has 140 valence electrons. The number of guanidine groups is 1. The van der Waals surface area contributed by atoms with Crippen LogP contribution in [0.15, 0.2) is 47.7 Å². The Morgan fingerprint density at radius 3 is 2.62 bits per heavy atom. The molecule has 0 fully saturated rings. The molecule has 7 heteroatoms. The molecule has 1 aromatic carbocycles. The van der Waals surface area contributed by atoms with E-state index in [2.05, 4.69) is 38.2 Å². The number of nitrogens with one attached hydrogen (secondary N) is 3. The average Bonchev–Trinajstić information content (AvgIpc) is 3.11. The number of rotatable bonds is 8. The minimum Gasteiger partial charge on any atom is -0.356 e. The molecule has 1 amide bonds. The van der Waals surface area contributed by atoms with Gasteiger partial charge in [-0.15, -0.1) is 0 Å². The van der Waals surface area contributed by atoms with Gasteiger partial charge in [-0.05, 0) is 31.0 Å². The van der Waals surface area contributed by atoms with Crippen LogP contribution in [-0.4, -0.2) is 41.3 Å². The Hall–Kier alpha value is -2.83. The number of amides is 1. The monoisotopic (exact) mass is 356 g/mol.